The maximum absolute atomic E-state index is 12.5. The molecule has 0 radical (unpaired) electrons. The van der Waals surface area contributed by atoms with E-state index in [2.05, 4.69) is 15.6 Å². The number of esters is 2. The number of para-hydroxylation sites is 1. The average molecular weight is 563 g/mol. The van der Waals surface area contributed by atoms with Crippen molar-refractivity contribution in [1.29, 1.82) is 0 Å². The third kappa shape index (κ3) is 10.2. The minimum Gasteiger partial charge on any atom is -0.469 e. The van der Waals surface area contributed by atoms with E-state index >= 15 is 0 Å². The molecule has 1 amide bonds. The molecule has 1 aromatic heterocycles. The topological polar surface area (TPSA) is 119 Å². The summed E-state index contributed by atoms with van der Waals surface area (Å²) in [5, 5.41) is 7.40. The molecule has 40 heavy (non-hydrogen) atoms. The lowest BCUT2D eigenvalue weighted by molar-refractivity contribution is -0.147. The van der Waals surface area contributed by atoms with Crippen molar-refractivity contribution >= 4 is 57.4 Å². The molecule has 0 saturated carbocycles. The van der Waals surface area contributed by atoms with Crippen LogP contribution < -0.4 is 10.6 Å². The van der Waals surface area contributed by atoms with E-state index in [9.17, 15) is 14.4 Å². The monoisotopic (exact) mass is 562 g/mol. The van der Waals surface area contributed by atoms with Crippen molar-refractivity contribution in [2.45, 2.75) is 39.8 Å². The molecule has 0 spiro atoms. The number of carbonyl (C=O) groups excluding carboxylic acids is 3. The van der Waals surface area contributed by atoms with Crippen molar-refractivity contribution in [2.75, 3.05) is 13.0 Å². The molecule has 0 fully saturated rings. The average Bonchev–Trinajstić information content (AvgIpc) is 2.92. The second-order valence-corrected chi connectivity index (χ2v) is 10.7. The summed E-state index contributed by atoms with van der Waals surface area (Å²) < 4.78 is 10.1. The van der Waals surface area contributed by atoms with Gasteiger partial charge in [-0.2, -0.15) is 0 Å². The molecule has 0 aliphatic rings. The summed E-state index contributed by atoms with van der Waals surface area (Å²) >= 11 is 1.17. The van der Waals surface area contributed by atoms with Gasteiger partial charge >= 0.3 is 11.9 Å². The van der Waals surface area contributed by atoms with Crippen LogP contribution in [-0.2, 0) is 23.9 Å². The fourth-order valence-electron chi connectivity index (χ4n) is 3.73. The van der Waals surface area contributed by atoms with Crippen LogP contribution in [0.2, 0.25) is 0 Å². The second kappa shape index (κ2) is 14.8. The van der Waals surface area contributed by atoms with Crippen LogP contribution >= 0.6 is 11.8 Å². The van der Waals surface area contributed by atoms with Gasteiger partial charge in [0.15, 0.2) is 5.17 Å². The smallest absolute Gasteiger partial charge is 0.307 e. The summed E-state index contributed by atoms with van der Waals surface area (Å²) in [5.74, 6) is -1.13. The third-order valence-corrected chi connectivity index (χ3v) is 6.37. The fourth-order valence-corrected chi connectivity index (χ4v) is 4.46. The molecule has 210 valence electrons. The Kier molecular flexibility index (Phi) is 11.3. The van der Waals surface area contributed by atoms with Crippen LogP contribution in [0.4, 0.5) is 5.69 Å². The number of rotatable bonds is 11. The van der Waals surface area contributed by atoms with Crippen LogP contribution in [0, 0.1) is 5.41 Å². The van der Waals surface area contributed by atoms with E-state index in [0.29, 0.717) is 16.4 Å². The first kappa shape index (κ1) is 30.4. The van der Waals surface area contributed by atoms with Crippen LogP contribution in [0.15, 0.2) is 77.9 Å². The summed E-state index contributed by atoms with van der Waals surface area (Å²) in [6.45, 7) is 5.39. The maximum Gasteiger partial charge on any atom is 0.307 e. The van der Waals surface area contributed by atoms with Gasteiger partial charge in [0.2, 0.25) is 5.91 Å². The highest BCUT2D eigenvalue weighted by atomic mass is 32.2. The number of thioether (sulfide) groups is 1. The summed E-state index contributed by atoms with van der Waals surface area (Å²) in [6, 6.07) is 19.0. The Morgan fingerprint density at radius 3 is 2.48 bits per heavy atom. The van der Waals surface area contributed by atoms with Crippen LogP contribution in [0.5, 0.6) is 0 Å². The Balaban J connectivity index is 1.68. The molecule has 0 bridgehead atoms. The zero-order chi connectivity index (χ0) is 29.0. The number of hydrogen-bond acceptors (Lipinski definition) is 8. The molecule has 1 unspecified atom stereocenters. The zero-order valence-electron chi connectivity index (χ0n) is 23.0. The quantitative estimate of drug-likeness (QED) is 0.108. The van der Waals surface area contributed by atoms with Crippen LogP contribution in [0.25, 0.3) is 17.0 Å². The number of nitrogens with one attached hydrogen (secondary N) is 2. The predicted octanol–water partition coefficient (Wildman–Crippen LogP) is 5.20. The number of nitrogens with zero attached hydrogens (tertiary/aromatic N) is 2. The molecular weight excluding hydrogens is 528 g/mol. The maximum atomic E-state index is 12.5. The molecule has 1 atom stereocenters. The van der Waals surface area contributed by atoms with Gasteiger partial charge in [-0.15, -0.1) is 0 Å². The molecule has 2 N–H and O–H groups in total. The molecule has 9 nitrogen and oxygen atoms in total. The minimum absolute atomic E-state index is 0.0221. The van der Waals surface area contributed by atoms with E-state index in [0.717, 1.165) is 10.9 Å². The van der Waals surface area contributed by atoms with E-state index in [1.807, 2.05) is 60.7 Å². The van der Waals surface area contributed by atoms with Crippen LogP contribution in [0.3, 0.4) is 0 Å². The first-order valence-electron chi connectivity index (χ1n) is 12.7. The normalized spacial score (nSPS) is 12.7. The van der Waals surface area contributed by atoms with Crippen molar-refractivity contribution in [1.82, 2.24) is 15.6 Å². The Labute approximate surface area is 238 Å². The van der Waals surface area contributed by atoms with Gasteiger partial charge in [0.1, 0.15) is 5.94 Å². The molecule has 0 aliphatic heterocycles. The van der Waals surface area contributed by atoms with E-state index in [1.165, 1.54) is 24.9 Å². The highest BCUT2D eigenvalue weighted by molar-refractivity contribution is 8.13. The minimum atomic E-state index is -0.606. The number of aromatic nitrogens is 1. The number of methoxy groups -OCH3 is 1. The van der Waals surface area contributed by atoms with Crippen molar-refractivity contribution in [3.8, 4) is 0 Å². The first-order valence-corrected chi connectivity index (χ1v) is 13.7. The Morgan fingerprint density at radius 1 is 1.00 bits per heavy atom. The van der Waals surface area contributed by atoms with Crippen molar-refractivity contribution in [2.24, 2.45) is 10.4 Å². The Morgan fingerprint density at radius 2 is 1.73 bits per heavy atom. The van der Waals surface area contributed by atoms with Gasteiger partial charge in [0, 0.05) is 17.7 Å². The van der Waals surface area contributed by atoms with Gasteiger partial charge in [-0.1, -0.05) is 62.4 Å². The largest absolute Gasteiger partial charge is 0.469 e. The van der Waals surface area contributed by atoms with Crippen LogP contribution in [-0.4, -0.2) is 47.2 Å². The van der Waals surface area contributed by atoms with Crippen molar-refractivity contribution in [3.63, 3.8) is 0 Å². The number of hydrogen-bond donors (Lipinski definition) is 2. The third-order valence-electron chi connectivity index (χ3n) is 5.65. The van der Waals surface area contributed by atoms with Gasteiger partial charge in [0.25, 0.3) is 0 Å². The molecule has 3 rings (SSSR count). The second-order valence-electron chi connectivity index (χ2n) is 9.76. The number of carbonyl (C=O) groups is 3. The summed E-state index contributed by atoms with van der Waals surface area (Å²) in [6.07, 6.45) is 4.55. The number of pyridine rings is 1. The highest BCUT2D eigenvalue weighted by Gasteiger charge is 2.26. The van der Waals surface area contributed by atoms with Gasteiger partial charge in [0.05, 0.1) is 37.3 Å². The van der Waals surface area contributed by atoms with E-state index in [1.54, 1.807) is 33.0 Å². The van der Waals surface area contributed by atoms with Gasteiger partial charge in [-0.25, -0.2) is 4.99 Å². The molecule has 10 heteroatoms. The standard InChI is InChI=1S/C30H34N4O5S/c1-21(32-25(35)16-15-22-10-6-5-7-11-22)33-29(34-24-14-8-12-23-13-9-17-31-28(23)24)40-20-39-27(37)19-30(2,3)18-26(36)38-4/h5-17,21H,18-20H2,1-4H3,(H,32,35)(H,33,34)/b16-15+. The van der Waals surface area contributed by atoms with Gasteiger partial charge in [-0.3, -0.25) is 19.4 Å². The van der Waals surface area contributed by atoms with Crippen molar-refractivity contribution < 1.29 is 23.9 Å². The first-order chi connectivity index (χ1) is 19.1. The van der Waals surface area contributed by atoms with Gasteiger partial charge in [-0.05, 0) is 47.9 Å². The summed E-state index contributed by atoms with van der Waals surface area (Å²) in [4.78, 5) is 45.8. The highest BCUT2D eigenvalue weighted by Crippen LogP contribution is 2.27. The SMILES string of the molecule is COC(=O)CC(C)(C)CC(=O)OCS/C(=N/c1cccc2cccnc12)NC(C)NC(=O)/C=C/c1ccccc1. The summed E-state index contributed by atoms with van der Waals surface area (Å²) in [5.41, 5.74) is 1.65. The molecular formula is C30H34N4O5S. The van der Waals surface area contributed by atoms with E-state index in [4.69, 9.17) is 14.5 Å². The Bertz CT molecular complexity index is 1370. The zero-order valence-corrected chi connectivity index (χ0v) is 23.9. The number of amidine groups is 1. The summed E-state index contributed by atoms with van der Waals surface area (Å²) in [7, 11) is 1.32. The van der Waals surface area contributed by atoms with Crippen molar-refractivity contribution in [3.05, 3.63) is 78.5 Å². The number of ether oxygens (including phenoxy) is 2. The van der Waals surface area contributed by atoms with Gasteiger partial charge < -0.3 is 20.1 Å². The molecule has 2 aromatic carbocycles. The lowest BCUT2D eigenvalue weighted by Crippen LogP contribution is -2.44. The lowest BCUT2D eigenvalue weighted by Gasteiger charge is -2.22. The molecule has 0 saturated heterocycles. The number of fused-ring (bicyclic) bond motifs is 1. The molecule has 0 aliphatic carbocycles. The van der Waals surface area contributed by atoms with Crippen LogP contribution in [0.1, 0.15) is 39.2 Å². The fraction of sp³-hybridized carbons (Fsp3) is 0.300. The Hall–Kier alpha value is -4.18. The predicted molar refractivity (Wildman–Crippen MR) is 159 cm³/mol. The number of amides is 1. The molecule has 1 heterocycles. The number of aliphatic imine (C=N–C) groups is 1. The number of benzene rings is 2. The lowest BCUT2D eigenvalue weighted by atomic mass is 9.86. The van der Waals surface area contributed by atoms with E-state index in [-0.39, 0.29) is 30.7 Å². The molecule has 3 aromatic rings. The van der Waals surface area contributed by atoms with E-state index < -0.39 is 17.6 Å².